The zero-order chi connectivity index (χ0) is 29.4. The number of hydrogen-bond acceptors (Lipinski definition) is 7. The third-order valence-corrected chi connectivity index (χ3v) is 8.91. The van der Waals surface area contributed by atoms with Crippen LogP contribution in [-0.2, 0) is 22.4 Å². The van der Waals surface area contributed by atoms with E-state index in [2.05, 4.69) is 62.5 Å². The first kappa shape index (κ1) is 29.5. The SMILES string of the molecule is O=C(CN1CCOCC1)Nc1ccc(N2CCc3cc(O)ccc3C2Cc2ccc(OCCN3CCCCC3)cc2)cc1. The normalized spacial score (nSPS) is 19.5. The fourth-order valence-electron chi connectivity index (χ4n) is 6.55. The third-order valence-electron chi connectivity index (χ3n) is 8.91. The molecule has 3 aromatic rings. The van der Waals surface area contributed by atoms with Gasteiger partial charge in [-0.2, -0.15) is 0 Å². The van der Waals surface area contributed by atoms with Gasteiger partial charge in [0.05, 0.1) is 25.8 Å². The first-order chi connectivity index (χ1) is 21.1. The molecule has 8 heteroatoms. The van der Waals surface area contributed by atoms with E-state index in [1.54, 1.807) is 6.07 Å². The summed E-state index contributed by atoms with van der Waals surface area (Å²) in [5.74, 6) is 1.23. The predicted molar refractivity (Wildman–Crippen MR) is 170 cm³/mol. The van der Waals surface area contributed by atoms with Crippen molar-refractivity contribution >= 4 is 17.3 Å². The van der Waals surface area contributed by atoms with E-state index in [1.807, 2.05) is 18.2 Å². The van der Waals surface area contributed by atoms with Crippen LogP contribution in [0.15, 0.2) is 66.7 Å². The third kappa shape index (κ3) is 7.88. The van der Waals surface area contributed by atoms with E-state index in [0.29, 0.717) is 25.5 Å². The topological polar surface area (TPSA) is 77.5 Å². The fourth-order valence-corrected chi connectivity index (χ4v) is 6.55. The number of hydrogen-bond donors (Lipinski definition) is 2. The minimum atomic E-state index is -0.00171. The van der Waals surface area contributed by atoms with Crippen LogP contribution >= 0.6 is 0 Å². The van der Waals surface area contributed by atoms with Crippen LogP contribution in [0.25, 0.3) is 0 Å². The molecule has 1 atom stereocenters. The quantitative estimate of drug-likeness (QED) is 0.352. The van der Waals surface area contributed by atoms with E-state index in [0.717, 1.165) is 62.8 Å². The number of aromatic hydroxyl groups is 1. The number of phenolic OH excluding ortho intramolecular Hbond substituents is 1. The van der Waals surface area contributed by atoms with E-state index in [1.165, 1.54) is 49.0 Å². The lowest BCUT2D eigenvalue weighted by molar-refractivity contribution is -0.118. The number of carbonyl (C=O) groups excluding carboxylic acids is 1. The zero-order valence-corrected chi connectivity index (χ0v) is 25.0. The molecule has 6 rings (SSSR count). The second-order valence-electron chi connectivity index (χ2n) is 11.9. The van der Waals surface area contributed by atoms with Gasteiger partial charge < -0.3 is 24.8 Å². The smallest absolute Gasteiger partial charge is 0.238 e. The molecule has 3 heterocycles. The summed E-state index contributed by atoms with van der Waals surface area (Å²) < 4.78 is 11.5. The Morgan fingerprint density at radius 1 is 0.884 bits per heavy atom. The Labute approximate surface area is 255 Å². The number of anilines is 2. The lowest BCUT2D eigenvalue weighted by atomic mass is 9.88. The summed E-state index contributed by atoms with van der Waals surface area (Å²) in [6.07, 6.45) is 5.64. The second kappa shape index (κ2) is 14.3. The largest absolute Gasteiger partial charge is 0.508 e. The van der Waals surface area contributed by atoms with E-state index >= 15 is 0 Å². The molecular weight excluding hydrogens is 540 g/mol. The van der Waals surface area contributed by atoms with Gasteiger partial charge in [0.25, 0.3) is 0 Å². The number of phenols is 1. The molecule has 3 aliphatic rings. The van der Waals surface area contributed by atoms with Crippen molar-refractivity contribution < 1.29 is 19.4 Å². The molecule has 1 unspecified atom stereocenters. The molecule has 0 saturated carbocycles. The lowest BCUT2D eigenvalue weighted by Crippen LogP contribution is -2.41. The molecule has 228 valence electrons. The average Bonchev–Trinajstić information content (AvgIpc) is 3.03. The zero-order valence-electron chi connectivity index (χ0n) is 25.0. The molecule has 2 saturated heterocycles. The van der Waals surface area contributed by atoms with Crippen molar-refractivity contribution in [3.63, 3.8) is 0 Å². The number of likely N-dealkylation sites (tertiary alicyclic amines) is 1. The van der Waals surface area contributed by atoms with Gasteiger partial charge in [0.1, 0.15) is 18.1 Å². The summed E-state index contributed by atoms with van der Waals surface area (Å²) in [5.41, 5.74) is 5.61. The molecule has 43 heavy (non-hydrogen) atoms. The highest BCUT2D eigenvalue weighted by Crippen LogP contribution is 2.38. The minimum absolute atomic E-state index is 0.00171. The monoisotopic (exact) mass is 584 g/mol. The van der Waals surface area contributed by atoms with Gasteiger partial charge in [-0.25, -0.2) is 0 Å². The standard InChI is InChI=1S/C35H44N4O4/c40-31-10-13-33-28(25-31)14-17-39(30-8-6-29(7-9-30)36-35(41)26-38-18-21-42-22-19-38)34(33)24-27-4-11-32(12-5-27)43-23-20-37-15-2-1-3-16-37/h4-13,25,34,40H,1-3,14-24,26H2,(H,36,41). The number of amides is 1. The molecule has 2 N–H and O–H groups in total. The van der Waals surface area contributed by atoms with Gasteiger partial charge in [-0.15, -0.1) is 0 Å². The van der Waals surface area contributed by atoms with Crippen LogP contribution < -0.4 is 15.0 Å². The number of morpholine rings is 1. The molecule has 1 amide bonds. The van der Waals surface area contributed by atoms with Gasteiger partial charge in [-0.1, -0.05) is 24.6 Å². The number of carbonyl (C=O) groups is 1. The van der Waals surface area contributed by atoms with Gasteiger partial charge in [-0.3, -0.25) is 14.6 Å². The summed E-state index contributed by atoms with van der Waals surface area (Å²) in [5, 5.41) is 13.2. The van der Waals surface area contributed by atoms with Crippen LogP contribution in [0, 0.1) is 0 Å². The first-order valence-electron chi connectivity index (χ1n) is 15.8. The van der Waals surface area contributed by atoms with Crippen molar-refractivity contribution in [1.82, 2.24) is 9.80 Å². The van der Waals surface area contributed by atoms with Crippen molar-refractivity contribution in [2.75, 3.05) is 75.9 Å². The van der Waals surface area contributed by atoms with Crippen LogP contribution in [0.5, 0.6) is 11.5 Å². The Kier molecular flexibility index (Phi) is 9.77. The van der Waals surface area contributed by atoms with Crippen LogP contribution in [0.1, 0.15) is 42.0 Å². The van der Waals surface area contributed by atoms with E-state index in [4.69, 9.17) is 9.47 Å². The maximum atomic E-state index is 12.6. The van der Waals surface area contributed by atoms with E-state index in [-0.39, 0.29) is 11.9 Å². The highest BCUT2D eigenvalue weighted by atomic mass is 16.5. The highest BCUT2D eigenvalue weighted by Gasteiger charge is 2.28. The first-order valence-corrected chi connectivity index (χ1v) is 15.8. The molecule has 2 fully saturated rings. The molecular formula is C35H44N4O4. The Bertz CT molecular complexity index is 1330. The fraction of sp³-hybridized carbons (Fsp3) is 0.457. The van der Waals surface area contributed by atoms with Crippen LogP contribution in [0.2, 0.25) is 0 Å². The Morgan fingerprint density at radius 2 is 1.65 bits per heavy atom. The van der Waals surface area contributed by atoms with Crippen molar-refractivity contribution in [3.8, 4) is 11.5 Å². The van der Waals surface area contributed by atoms with Crippen molar-refractivity contribution in [3.05, 3.63) is 83.4 Å². The second-order valence-corrected chi connectivity index (χ2v) is 11.9. The number of nitrogens with zero attached hydrogens (tertiary/aromatic N) is 3. The van der Waals surface area contributed by atoms with Gasteiger partial charge in [-0.05, 0) is 104 Å². The maximum absolute atomic E-state index is 12.6. The Morgan fingerprint density at radius 3 is 2.42 bits per heavy atom. The number of fused-ring (bicyclic) bond motifs is 1. The summed E-state index contributed by atoms with van der Waals surface area (Å²) in [7, 11) is 0. The van der Waals surface area contributed by atoms with E-state index < -0.39 is 0 Å². The molecule has 0 aromatic heterocycles. The molecule has 0 spiro atoms. The average molecular weight is 585 g/mol. The molecule has 0 aliphatic carbocycles. The van der Waals surface area contributed by atoms with E-state index in [9.17, 15) is 9.90 Å². The lowest BCUT2D eigenvalue weighted by Gasteiger charge is -2.39. The number of benzene rings is 3. The molecule has 0 bridgehead atoms. The summed E-state index contributed by atoms with van der Waals surface area (Å²) in [6, 6.07) is 22.6. The van der Waals surface area contributed by atoms with Gasteiger partial charge >= 0.3 is 0 Å². The number of nitrogens with one attached hydrogen (secondary N) is 1. The minimum Gasteiger partial charge on any atom is -0.508 e. The number of rotatable bonds is 10. The summed E-state index contributed by atoms with van der Waals surface area (Å²) in [4.78, 5) is 19.7. The van der Waals surface area contributed by atoms with Crippen molar-refractivity contribution in [2.24, 2.45) is 0 Å². The van der Waals surface area contributed by atoms with Crippen molar-refractivity contribution in [1.29, 1.82) is 0 Å². The van der Waals surface area contributed by atoms with Crippen LogP contribution in [-0.4, -0.2) is 86.4 Å². The molecule has 3 aliphatic heterocycles. The molecule has 8 nitrogen and oxygen atoms in total. The number of piperidine rings is 1. The predicted octanol–water partition coefficient (Wildman–Crippen LogP) is 4.87. The van der Waals surface area contributed by atoms with Crippen LogP contribution in [0.3, 0.4) is 0 Å². The van der Waals surface area contributed by atoms with Gasteiger partial charge in [0, 0.05) is 37.6 Å². The van der Waals surface area contributed by atoms with Gasteiger partial charge in [0.15, 0.2) is 0 Å². The van der Waals surface area contributed by atoms with Crippen LogP contribution in [0.4, 0.5) is 11.4 Å². The van der Waals surface area contributed by atoms with Gasteiger partial charge in [0.2, 0.25) is 5.91 Å². The Balaban J connectivity index is 1.11. The highest BCUT2D eigenvalue weighted by molar-refractivity contribution is 5.92. The Hall–Kier alpha value is -3.59. The maximum Gasteiger partial charge on any atom is 0.238 e. The molecule has 0 radical (unpaired) electrons. The summed E-state index contributed by atoms with van der Waals surface area (Å²) in [6.45, 7) is 8.24. The number of ether oxygens (including phenoxy) is 2. The molecule has 3 aromatic carbocycles. The summed E-state index contributed by atoms with van der Waals surface area (Å²) >= 11 is 0. The van der Waals surface area contributed by atoms with Crippen molar-refractivity contribution in [2.45, 2.75) is 38.1 Å².